The first-order valence-electron chi connectivity index (χ1n) is 13.1. The summed E-state index contributed by atoms with van der Waals surface area (Å²) in [5.41, 5.74) is 1.38. The average molecular weight is 511 g/mol. The number of halogens is 3. The van der Waals surface area contributed by atoms with Gasteiger partial charge in [-0.05, 0) is 61.8 Å². The Hall–Kier alpha value is -3.30. The molecule has 2 atom stereocenters. The lowest BCUT2D eigenvalue weighted by Gasteiger charge is -2.56. The van der Waals surface area contributed by atoms with Crippen LogP contribution in [-0.4, -0.2) is 31.6 Å². The highest BCUT2D eigenvalue weighted by molar-refractivity contribution is 6.07. The Bertz CT molecular complexity index is 1290. The molecule has 0 spiro atoms. The number of alkyl halides is 3. The van der Waals surface area contributed by atoms with E-state index in [-0.39, 0.29) is 23.3 Å². The van der Waals surface area contributed by atoms with E-state index in [2.05, 4.69) is 20.8 Å². The number of benzene rings is 1. The van der Waals surface area contributed by atoms with E-state index >= 15 is 0 Å². The number of hydrogen-bond donors (Lipinski definition) is 2. The summed E-state index contributed by atoms with van der Waals surface area (Å²) >= 11 is 0. The van der Waals surface area contributed by atoms with Crippen LogP contribution >= 0.6 is 0 Å². The van der Waals surface area contributed by atoms with E-state index in [0.29, 0.717) is 5.69 Å². The van der Waals surface area contributed by atoms with Gasteiger partial charge in [-0.2, -0.15) is 23.4 Å². The number of carbonyl (C=O) groups is 1. The van der Waals surface area contributed by atoms with Crippen LogP contribution in [0.3, 0.4) is 0 Å². The molecule has 4 saturated carbocycles. The molecule has 4 aliphatic carbocycles. The van der Waals surface area contributed by atoms with Crippen molar-refractivity contribution in [2.45, 2.75) is 68.7 Å². The number of fused-ring (bicyclic) bond motifs is 1. The van der Waals surface area contributed by atoms with E-state index in [1.807, 2.05) is 16.9 Å². The quantitative estimate of drug-likeness (QED) is 0.457. The molecule has 1 aromatic carbocycles. The minimum atomic E-state index is -4.50. The van der Waals surface area contributed by atoms with Crippen LogP contribution in [-0.2, 0) is 5.54 Å². The molecule has 3 aromatic rings. The fourth-order valence-electron chi connectivity index (χ4n) is 7.82. The molecule has 7 nitrogen and oxygen atoms in total. The van der Waals surface area contributed by atoms with Crippen LogP contribution in [0.1, 0.15) is 73.0 Å². The number of rotatable bonds is 4. The molecule has 3 heterocycles. The molecule has 8 rings (SSSR count). The summed E-state index contributed by atoms with van der Waals surface area (Å²) in [6, 6.07) is 6.56. The summed E-state index contributed by atoms with van der Waals surface area (Å²) in [4.78, 5) is 13.3. The number of nitrogens with one attached hydrogen (secondary N) is 2. The van der Waals surface area contributed by atoms with Crippen molar-refractivity contribution in [1.82, 2.24) is 19.6 Å². The Morgan fingerprint density at radius 3 is 2.30 bits per heavy atom. The highest BCUT2D eigenvalue weighted by atomic mass is 19.4. The van der Waals surface area contributed by atoms with Crippen LogP contribution in [0.5, 0.6) is 0 Å². The first kappa shape index (κ1) is 22.9. The van der Waals surface area contributed by atoms with Gasteiger partial charge in [-0.15, -0.1) is 0 Å². The van der Waals surface area contributed by atoms with E-state index < -0.39 is 24.2 Å². The molecule has 2 N–H and O–H groups in total. The fraction of sp³-hybridized carbons (Fsp3) is 0.519. The molecule has 10 heteroatoms. The molecular formula is C27H29F3N6O. The SMILES string of the molecule is O=C(Nc1cnn(C23CC4CC(CC(C4)C2)C3)c1)c1cnn2c1N[C@H](c1ccccc1)C[C@H]2C(F)(F)F. The number of anilines is 2. The number of carbonyl (C=O) groups excluding carboxylic acids is 1. The second-order valence-electron chi connectivity index (χ2n) is 11.5. The van der Waals surface area contributed by atoms with Gasteiger partial charge in [0.1, 0.15) is 11.4 Å². The normalized spacial score (nSPS) is 32.1. The van der Waals surface area contributed by atoms with Gasteiger partial charge in [-0.1, -0.05) is 30.3 Å². The Kier molecular flexibility index (Phi) is 5.00. The summed E-state index contributed by atoms with van der Waals surface area (Å²) in [5, 5.41) is 14.6. The highest BCUT2D eigenvalue weighted by Crippen LogP contribution is 2.58. The van der Waals surface area contributed by atoms with Crippen LogP contribution < -0.4 is 10.6 Å². The Balaban J connectivity index is 1.15. The second-order valence-corrected chi connectivity index (χ2v) is 11.5. The monoisotopic (exact) mass is 510 g/mol. The summed E-state index contributed by atoms with van der Waals surface area (Å²) in [6.45, 7) is 0. The molecule has 0 unspecified atom stereocenters. The van der Waals surface area contributed by atoms with E-state index in [1.165, 1.54) is 25.5 Å². The van der Waals surface area contributed by atoms with Crippen LogP contribution in [0.15, 0.2) is 48.9 Å². The van der Waals surface area contributed by atoms with Gasteiger partial charge in [0.25, 0.3) is 5.91 Å². The predicted octanol–water partition coefficient (Wildman–Crippen LogP) is 5.92. The molecule has 194 valence electrons. The van der Waals surface area contributed by atoms with Crippen LogP contribution in [0.2, 0.25) is 0 Å². The van der Waals surface area contributed by atoms with Gasteiger partial charge in [0.05, 0.1) is 29.7 Å². The first-order chi connectivity index (χ1) is 17.8. The van der Waals surface area contributed by atoms with Crippen molar-refractivity contribution >= 4 is 17.4 Å². The van der Waals surface area contributed by atoms with Crippen molar-refractivity contribution in [3.05, 3.63) is 60.0 Å². The maximum Gasteiger partial charge on any atom is 0.410 e. The van der Waals surface area contributed by atoms with Crippen molar-refractivity contribution in [2.75, 3.05) is 10.6 Å². The molecule has 5 aliphatic rings. The molecule has 37 heavy (non-hydrogen) atoms. The predicted molar refractivity (Wildman–Crippen MR) is 131 cm³/mol. The zero-order valence-electron chi connectivity index (χ0n) is 20.3. The van der Waals surface area contributed by atoms with E-state index in [4.69, 9.17) is 0 Å². The molecule has 2 aromatic heterocycles. The Morgan fingerprint density at radius 1 is 0.973 bits per heavy atom. The van der Waals surface area contributed by atoms with Gasteiger partial charge in [0.15, 0.2) is 6.04 Å². The second kappa shape index (κ2) is 8.10. The standard InChI is InChI=1S/C27H29F3N6O/c28-27(29,30)23-9-22(19-4-2-1-3-5-19)34-24-21(14-32-36(23)24)25(37)33-20-13-31-35(15-20)26-10-16-6-17(11-26)8-18(7-16)12-26/h1-5,13-18,22-23,34H,6-12H2,(H,33,37)/t16?,17?,18?,22-,23-,26?/m0/s1. The number of aromatic nitrogens is 4. The first-order valence-corrected chi connectivity index (χ1v) is 13.1. The van der Waals surface area contributed by atoms with E-state index in [0.717, 1.165) is 47.3 Å². The minimum absolute atomic E-state index is 0.0268. The summed E-state index contributed by atoms with van der Waals surface area (Å²) in [7, 11) is 0. The van der Waals surface area contributed by atoms with Crippen LogP contribution in [0.25, 0.3) is 0 Å². The topological polar surface area (TPSA) is 76.8 Å². The molecule has 1 aliphatic heterocycles. The number of amides is 1. The summed E-state index contributed by atoms with van der Waals surface area (Å²) < 4.78 is 44.9. The van der Waals surface area contributed by atoms with Crippen LogP contribution in [0, 0.1) is 17.8 Å². The van der Waals surface area contributed by atoms with Crippen LogP contribution in [0.4, 0.5) is 24.7 Å². The van der Waals surface area contributed by atoms with Gasteiger partial charge >= 0.3 is 6.18 Å². The lowest BCUT2D eigenvalue weighted by molar-refractivity contribution is -0.173. The number of hydrogen-bond acceptors (Lipinski definition) is 4. The van der Waals surface area contributed by atoms with E-state index in [9.17, 15) is 18.0 Å². The molecule has 0 radical (unpaired) electrons. The largest absolute Gasteiger partial charge is 0.410 e. The van der Waals surface area contributed by atoms with Crippen molar-refractivity contribution in [3.8, 4) is 0 Å². The smallest absolute Gasteiger partial charge is 0.363 e. The number of nitrogens with zero attached hydrogens (tertiary/aromatic N) is 4. The molecule has 1 amide bonds. The summed E-state index contributed by atoms with van der Waals surface area (Å²) in [5.74, 6) is 1.86. The maximum absolute atomic E-state index is 14.0. The zero-order chi connectivity index (χ0) is 25.4. The van der Waals surface area contributed by atoms with Crippen molar-refractivity contribution in [1.29, 1.82) is 0 Å². The molecule has 4 fully saturated rings. The van der Waals surface area contributed by atoms with Gasteiger partial charge < -0.3 is 10.6 Å². The van der Waals surface area contributed by atoms with Gasteiger partial charge in [-0.3, -0.25) is 9.48 Å². The highest BCUT2D eigenvalue weighted by Gasteiger charge is 2.52. The van der Waals surface area contributed by atoms with Crippen molar-refractivity contribution in [3.63, 3.8) is 0 Å². The summed E-state index contributed by atoms with van der Waals surface area (Å²) in [6.07, 6.45) is 7.42. The molecule has 4 bridgehead atoms. The van der Waals surface area contributed by atoms with Crippen molar-refractivity contribution in [2.24, 2.45) is 17.8 Å². The Labute approximate surface area is 212 Å². The van der Waals surface area contributed by atoms with E-state index in [1.54, 1.807) is 30.5 Å². The zero-order valence-corrected chi connectivity index (χ0v) is 20.3. The van der Waals surface area contributed by atoms with Gasteiger partial charge in [0, 0.05) is 12.6 Å². The third kappa shape index (κ3) is 3.83. The Morgan fingerprint density at radius 2 is 1.65 bits per heavy atom. The van der Waals surface area contributed by atoms with Gasteiger partial charge in [-0.25, -0.2) is 4.68 Å². The van der Waals surface area contributed by atoms with Crippen molar-refractivity contribution < 1.29 is 18.0 Å². The molecule has 0 saturated heterocycles. The maximum atomic E-state index is 14.0. The minimum Gasteiger partial charge on any atom is -0.363 e. The average Bonchev–Trinajstić information content (AvgIpc) is 3.50. The molecular weight excluding hydrogens is 481 g/mol. The lowest BCUT2D eigenvalue weighted by Crippen LogP contribution is -2.52. The third-order valence-electron chi connectivity index (χ3n) is 9.02. The van der Waals surface area contributed by atoms with Gasteiger partial charge in [0.2, 0.25) is 0 Å². The third-order valence-corrected chi connectivity index (χ3v) is 9.02. The fourth-order valence-corrected chi connectivity index (χ4v) is 7.82. The lowest BCUT2D eigenvalue weighted by atomic mass is 9.53.